The summed E-state index contributed by atoms with van der Waals surface area (Å²) in [6.07, 6.45) is 0. The van der Waals surface area contributed by atoms with Crippen LogP contribution in [0.1, 0.15) is 0 Å². The van der Waals surface area contributed by atoms with Gasteiger partial charge >= 0.3 is 0 Å². The summed E-state index contributed by atoms with van der Waals surface area (Å²) in [6, 6.07) is 69.6. The minimum Gasteiger partial charge on any atom is -0.323 e. The highest BCUT2D eigenvalue weighted by atomic mass is 15.1. The maximum Gasteiger partial charge on any atom is 0.213 e. The third kappa shape index (κ3) is 4.52. The van der Waals surface area contributed by atoms with E-state index >= 15 is 0 Å². The molecule has 56 heavy (non-hydrogen) atoms. The highest BCUT2D eigenvalue weighted by Crippen LogP contribution is 2.40. The van der Waals surface area contributed by atoms with Crippen LogP contribution in [0.3, 0.4) is 0 Å². The average Bonchev–Trinajstić information content (AvgIpc) is 4.00. The van der Waals surface area contributed by atoms with E-state index in [0.717, 1.165) is 56.3 Å². The number of rotatable bonds is 5. The number of hydrogen-bond donors (Lipinski definition) is 1. The molecular weight excluding hydrogens is 683 g/mol. The normalized spacial score (nSPS) is 11.9. The Hall–Kier alpha value is -7.63. The van der Waals surface area contributed by atoms with Gasteiger partial charge in [-0.25, -0.2) is 4.98 Å². The molecule has 8 aromatic carbocycles. The van der Waals surface area contributed by atoms with Crippen LogP contribution in [0, 0.1) is 0 Å². The van der Waals surface area contributed by atoms with Crippen molar-refractivity contribution in [3.05, 3.63) is 194 Å². The Kier molecular flexibility index (Phi) is 6.56. The maximum absolute atomic E-state index is 5.36. The maximum atomic E-state index is 5.36. The van der Waals surface area contributed by atoms with Gasteiger partial charge in [-0.2, -0.15) is 0 Å². The van der Waals surface area contributed by atoms with E-state index in [1.807, 2.05) is 0 Å². The zero-order valence-electron chi connectivity index (χ0n) is 30.3. The molecule has 4 aromatic heterocycles. The number of aromatic amines is 1. The molecule has 0 atom stereocenters. The van der Waals surface area contributed by atoms with Crippen molar-refractivity contribution < 1.29 is 0 Å². The molecule has 262 valence electrons. The smallest absolute Gasteiger partial charge is 0.213 e. The van der Waals surface area contributed by atoms with E-state index in [1.165, 1.54) is 49.2 Å². The van der Waals surface area contributed by atoms with Crippen molar-refractivity contribution >= 4 is 60.4 Å². The van der Waals surface area contributed by atoms with E-state index < -0.39 is 0 Å². The Balaban J connectivity index is 1.02. The largest absolute Gasteiger partial charge is 0.323 e. The molecule has 12 rings (SSSR count). The average molecular weight is 716 g/mol. The zero-order chi connectivity index (χ0) is 36.7. The summed E-state index contributed by atoms with van der Waals surface area (Å²) >= 11 is 0. The Labute approximate surface area is 322 Å². The summed E-state index contributed by atoms with van der Waals surface area (Å²) in [4.78, 5) is 9.07. The van der Waals surface area contributed by atoms with Gasteiger partial charge in [0, 0.05) is 44.0 Å². The number of fused-ring (bicyclic) bond motifs is 9. The van der Waals surface area contributed by atoms with Gasteiger partial charge in [-0.3, -0.25) is 4.40 Å². The molecule has 0 fully saturated rings. The van der Waals surface area contributed by atoms with Gasteiger partial charge in [0.05, 0.1) is 44.5 Å². The van der Waals surface area contributed by atoms with Crippen LogP contribution in [0.15, 0.2) is 194 Å². The van der Waals surface area contributed by atoms with Crippen LogP contribution >= 0.6 is 0 Å². The number of nitrogens with zero attached hydrogens (tertiary/aromatic N) is 4. The second kappa shape index (κ2) is 11.9. The number of imidazole rings is 2. The van der Waals surface area contributed by atoms with Crippen LogP contribution in [-0.4, -0.2) is 23.5 Å². The van der Waals surface area contributed by atoms with Gasteiger partial charge in [-0.05, 0) is 83.9 Å². The van der Waals surface area contributed by atoms with Crippen LogP contribution < -0.4 is 0 Å². The lowest BCUT2D eigenvalue weighted by atomic mass is 10.0. The van der Waals surface area contributed by atoms with E-state index in [9.17, 15) is 0 Å². The lowest BCUT2D eigenvalue weighted by molar-refractivity contribution is 1.18. The van der Waals surface area contributed by atoms with Gasteiger partial charge in [0.25, 0.3) is 0 Å². The van der Waals surface area contributed by atoms with Crippen LogP contribution in [0.4, 0.5) is 0 Å². The van der Waals surface area contributed by atoms with Crippen molar-refractivity contribution in [1.82, 2.24) is 23.5 Å². The summed E-state index contributed by atoms with van der Waals surface area (Å²) in [6.45, 7) is 0. The van der Waals surface area contributed by atoms with Crippen LogP contribution in [0.25, 0.3) is 105 Å². The Morgan fingerprint density at radius 2 is 0.821 bits per heavy atom. The molecule has 0 saturated heterocycles. The molecule has 0 bridgehead atoms. The van der Waals surface area contributed by atoms with Gasteiger partial charge in [-0.1, -0.05) is 121 Å². The van der Waals surface area contributed by atoms with Crippen LogP contribution in [-0.2, 0) is 0 Å². The lowest BCUT2D eigenvalue weighted by Crippen LogP contribution is -1.93. The molecular formula is C51H33N5. The van der Waals surface area contributed by atoms with Crippen molar-refractivity contribution in [3.63, 3.8) is 0 Å². The molecule has 4 heterocycles. The molecule has 5 heteroatoms. The first-order valence-corrected chi connectivity index (χ1v) is 19.1. The summed E-state index contributed by atoms with van der Waals surface area (Å²) in [5.41, 5.74) is 15.8. The fraction of sp³-hybridized carbons (Fsp3) is 0. The Morgan fingerprint density at radius 1 is 0.357 bits per heavy atom. The van der Waals surface area contributed by atoms with E-state index in [0.29, 0.717) is 0 Å². The molecule has 0 amide bonds. The van der Waals surface area contributed by atoms with Crippen molar-refractivity contribution in [1.29, 1.82) is 0 Å². The van der Waals surface area contributed by atoms with Crippen molar-refractivity contribution in [3.8, 4) is 45.0 Å². The van der Waals surface area contributed by atoms with E-state index in [4.69, 9.17) is 4.98 Å². The zero-order valence-corrected chi connectivity index (χ0v) is 30.3. The van der Waals surface area contributed by atoms with Crippen molar-refractivity contribution in [2.24, 2.45) is 0 Å². The van der Waals surface area contributed by atoms with Gasteiger partial charge in [-0.15, -0.1) is 0 Å². The summed E-state index contributed by atoms with van der Waals surface area (Å²) in [5, 5.41) is 4.91. The molecule has 0 aliphatic heterocycles. The molecule has 0 radical (unpaired) electrons. The highest BCUT2D eigenvalue weighted by molar-refractivity contribution is 6.12. The molecule has 0 aliphatic rings. The van der Waals surface area contributed by atoms with Crippen LogP contribution in [0.2, 0.25) is 0 Å². The first-order chi connectivity index (χ1) is 27.8. The first kappa shape index (κ1) is 30.8. The standard InChI is InChI=1S/C51H33N5/c1-4-14-33(15-5-1)50-49(36-26-28-47-42(31-36)40-21-11-13-23-45(40)55(47)38-18-8-3-9-19-38)53-51-52-43-32-35(25-29-48(43)56(50)51)34-24-27-46-41(30-34)39-20-10-12-22-44(39)54(46)37-16-6-2-7-17-37/h1-32H,(H,52,53). The number of hydrogen-bond acceptors (Lipinski definition) is 1. The minimum absolute atomic E-state index is 0.819. The first-order valence-electron chi connectivity index (χ1n) is 19.1. The van der Waals surface area contributed by atoms with Crippen molar-refractivity contribution in [2.45, 2.75) is 0 Å². The van der Waals surface area contributed by atoms with E-state index in [2.05, 4.69) is 213 Å². The Bertz CT molecular complexity index is 3460. The Morgan fingerprint density at radius 3 is 1.43 bits per heavy atom. The third-order valence-corrected chi connectivity index (χ3v) is 11.4. The minimum atomic E-state index is 0.819. The van der Waals surface area contributed by atoms with Crippen molar-refractivity contribution in [2.75, 3.05) is 0 Å². The number of H-pyrrole nitrogens is 1. The predicted molar refractivity (Wildman–Crippen MR) is 232 cm³/mol. The van der Waals surface area contributed by atoms with Crippen LogP contribution in [0.5, 0.6) is 0 Å². The second-order valence-electron chi connectivity index (χ2n) is 14.5. The number of aromatic nitrogens is 5. The number of benzene rings is 8. The molecule has 0 spiro atoms. The topological polar surface area (TPSA) is 43.0 Å². The summed E-state index contributed by atoms with van der Waals surface area (Å²) < 4.78 is 7.01. The molecule has 0 aliphatic carbocycles. The summed E-state index contributed by atoms with van der Waals surface area (Å²) in [5.74, 6) is 0.819. The molecule has 5 nitrogen and oxygen atoms in total. The summed E-state index contributed by atoms with van der Waals surface area (Å²) in [7, 11) is 0. The van der Waals surface area contributed by atoms with E-state index in [-0.39, 0.29) is 0 Å². The van der Waals surface area contributed by atoms with Gasteiger partial charge < -0.3 is 14.1 Å². The molecule has 1 N–H and O–H groups in total. The SMILES string of the molecule is c1ccc(-c2c(-c3ccc4c(c3)c3ccccc3n4-c3ccccc3)nc3[nH]c4cc(-c5ccc6c(c5)c5ccccc5n6-c5ccccc5)ccc4n23)cc1. The third-order valence-electron chi connectivity index (χ3n) is 11.4. The molecule has 0 unspecified atom stereocenters. The molecule has 0 saturated carbocycles. The lowest BCUT2D eigenvalue weighted by Gasteiger charge is -2.09. The monoisotopic (exact) mass is 715 g/mol. The highest BCUT2D eigenvalue weighted by Gasteiger charge is 2.22. The fourth-order valence-electron chi connectivity index (χ4n) is 8.92. The number of para-hydroxylation sites is 4. The van der Waals surface area contributed by atoms with Gasteiger partial charge in [0.1, 0.15) is 0 Å². The van der Waals surface area contributed by atoms with E-state index in [1.54, 1.807) is 0 Å². The van der Waals surface area contributed by atoms with Gasteiger partial charge in [0.15, 0.2) is 0 Å². The number of nitrogens with one attached hydrogen (secondary N) is 1. The predicted octanol–water partition coefficient (Wildman–Crippen LogP) is 13.0. The van der Waals surface area contributed by atoms with Gasteiger partial charge in [0.2, 0.25) is 5.78 Å². The second-order valence-corrected chi connectivity index (χ2v) is 14.5. The quantitative estimate of drug-likeness (QED) is 0.189. The molecule has 12 aromatic rings. The fourth-order valence-corrected chi connectivity index (χ4v) is 8.92.